The predicted octanol–water partition coefficient (Wildman–Crippen LogP) is 1.22. The van der Waals surface area contributed by atoms with Crippen molar-refractivity contribution in [2.75, 3.05) is 19.8 Å². The van der Waals surface area contributed by atoms with E-state index < -0.39 is 0 Å². The molecule has 82 valence electrons. The minimum Gasteiger partial charge on any atom is -0.369 e. The van der Waals surface area contributed by atoms with E-state index in [9.17, 15) is 4.79 Å². The number of nitrogens with zero attached hydrogens (tertiary/aromatic N) is 1. The van der Waals surface area contributed by atoms with Crippen LogP contribution in [0, 0.1) is 12.3 Å². The van der Waals surface area contributed by atoms with E-state index in [-0.39, 0.29) is 18.6 Å². The molecule has 1 aromatic rings. The number of benzene rings is 1. The lowest BCUT2D eigenvalue weighted by atomic mass is 10.0. The Balaban J connectivity index is 2.24. The summed E-state index contributed by atoms with van der Waals surface area (Å²) < 4.78 is 5.27. The first-order chi connectivity index (χ1) is 7.83. The second-order valence-electron chi connectivity index (χ2n) is 3.67. The molecular formula is C13H13NO2. The normalized spacial score (nSPS) is 20.6. The van der Waals surface area contributed by atoms with E-state index in [1.807, 2.05) is 30.3 Å². The summed E-state index contributed by atoms with van der Waals surface area (Å²) in [5.74, 6) is 2.47. The smallest absolute Gasteiger partial charge is 0.249 e. The third-order valence-corrected chi connectivity index (χ3v) is 2.64. The molecule has 0 N–H and O–H groups in total. The summed E-state index contributed by atoms with van der Waals surface area (Å²) in [7, 11) is 0. The maximum Gasteiger partial charge on any atom is 0.249 e. The van der Waals surface area contributed by atoms with Gasteiger partial charge < -0.3 is 9.64 Å². The molecule has 0 saturated carbocycles. The Morgan fingerprint density at radius 1 is 1.44 bits per heavy atom. The third-order valence-electron chi connectivity index (χ3n) is 2.64. The first-order valence-electron chi connectivity index (χ1n) is 5.18. The van der Waals surface area contributed by atoms with E-state index in [4.69, 9.17) is 11.2 Å². The Hall–Kier alpha value is -1.79. The van der Waals surface area contributed by atoms with Crippen LogP contribution in [0.15, 0.2) is 30.3 Å². The summed E-state index contributed by atoms with van der Waals surface area (Å²) in [4.78, 5) is 13.4. The van der Waals surface area contributed by atoms with E-state index in [2.05, 4.69) is 5.92 Å². The second-order valence-corrected chi connectivity index (χ2v) is 3.67. The Morgan fingerprint density at radius 3 is 2.88 bits per heavy atom. The van der Waals surface area contributed by atoms with Crippen molar-refractivity contribution in [3.05, 3.63) is 35.9 Å². The minimum atomic E-state index is -0.0569. The summed E-state index contributed by atoms with van der Waals surface area (Å²) in [6, 6.07) is 9.75. The van der Waals surface area contributed by atoms with E-state index in [0.717, 1.165) is 5.56 Å². The zero-order valence-corrected chi connectivity index (χ0v) is 8.93. The minimum absolute atomic E-state index is 0.0435. The Morgan fingerprint density at radius 2 is 2.19 bits per heavy atom. The number of carbonyl (C=O) groups is 1. The summed E-state index contributed by atoms with van der Waals surface area (Å²) in [6.07, 6.45) is 5.28. The SMILES string of the molecule is C#CCN1C(=O)COC[C@H]1c1ccccc1. The molecule has 0 spiro atoms. The standard InChI is InChI=1S/C13H13NO2/c1-2-8-14-12(9-16-10-13(14)15)11-6-4-3-5-7-11/h1,3-7,12H,8-10H2/t12-/m0/s1. The van der Waals surface area contributed by atoms with Gasteiger partial charge in [0.15, 0.2) is 0 Å². The van der Waals surface area contributed by atoms with Crippen molar-refractivity contribution in [2.45, 2.75) is 6.04 Å². The average molecular weight is 215 g/mol. The quantitative estimate of drug-likeness (QED) is 0.694. The van der Waals surface area contributed by atoms with Crippen LogP contribution in [0.4, 0.5) is 0 Å². The second kappa shape index (κ2) is 4.82. The number of terminal acetylenes is 1. The summed E-state index contributed by atoms with van der Waals surface area (Å²) in [6.45, 7) is 0.976. The highest BCUT2D eigenvalue weighted by atomic mass is 16.5. The van der Waals surface area contributed by atoms with Gasteiger partial charge in [0.25, 0.3) is 0 Å². The van der Waals surface area contributed by atoms with Gasteiger partial charge in [0.1, 0.15) is 6.61 Å². The van der Waals surface area contributed by atoms with Crippen molar-refractivity contribution in [1.82, 2.24) is 4.90 Å². The van der Waals surface area contributed by atoms with Gasteiger partial charge in [0.05, 0.1) is 19.2 Å². The molecule has 1 fully saturated rings. The van der Waals surface area contributed by atoms with Gasteiger partial charge in [-0.05, 0) is 5.56 Å². The molecule has 1 amide bonds. The molecule has 16 heavy (non-hydrogen) atoms. The van der Waals surface area contributed by atoms with E-state index >= 15 is 0 Å². The van der Waals surface area contributed by atoms with Crippen LogP contribution in [0.25, 0.3) is 0 Å². The largest absolute Gasteiger partial charge is 0.369 e. The lowest BCUT2D eigenvalue weighted by Gasteiger charge is -2.34. The van der Waals surface area contributed by atoms with Crippen LogP contribution in [0.2, 0.25) is 0 Å². The van der Waals surface area contributed by atoms with Crippen LogP contribution in [0.3, 0.4) is 0 Å². The average Bonchev–Trinajstić information content (AvgIpc) is 2.33. The summed E-state index contributed by atoms with van der Waals surface area (Å²) in [5.41, 5.74) is 1.06. The predicted molar refractivity (Wildman–Crippen MR) is 60.5 cm³/mol. The van der Waals surface area contributed by atoms with Crippen LogP contribution in [-0.4, -0.2) is 30.6 Å². The first kappa shape index (κ1) is 10.7. The fraction of sp³-hybridized carbons (Fsp3) is 0.308. The highest BCUT2D eigenvalue weighted by molar-refractivity contribution is 5.79. The molecule has 0 radical (unpaired) electrons. The van der Waals surface area contributed by atoms with E-state index in [0.29, 0.717) is 13.2 Å². The molecule has 0 bridgehead atoms. The van der Waals surface area contributed by atoms with E-state index in [1.165, 1.54) is 0 Å². The fourth-order valence-corrected chi connectivity index (χ4v) is 1.85. The Labute approximate surface area is 95.0 Å². The highest BCUT2D eigenvalue weighted by Crippen LogP contribution is 2.23. The molecule has 1 aromatic carbocycles. The molecule has 1 aliphatic rings. The lowest BCUT2D eigenvalue weighted by Crippen LogP contribution is -2.44. The van der Waals surface area contributed by atoms with Crippen LogP contribution in [0.1, 0.15) is 11.6 Å². The van der Waals surface area contributed by atoms with Crippen LogP contribution in [-0.2, 0) is 9.53 Å². The number of morpholine rings is 1. The zero-order chi connectivity index (χ0) is 11.4. The molecular weight excluding hydrogens is 202 g/mol. The van der Waals surface area contributed by atoms with Gasteiger partial charge >= 0.3 is 0 Å². The molecule has 3 nitrogen and oxygen atoms in total. The number of carbonyl (C=O) groups excluding carboxylic acids is 1. The van der Waals surface area contributed by atoms with Crippen molar-refractivity contribution >= 4 is 5.91 Å². The number of hydrogen-bond donors (Lipinski definition) is 0. The van der Waals surface area contributed by atoms with E-state index in [1.54, 1.807) is 4.90 Å². The van der Waals surface area contributed by atoms with Crippen molar-refractivity contribution in [1.29, 1.82) is 0 Å². The van der Waals surface area contributed by atoms with Crippen LogP contribution < -0.4 is 0 Å². The van der Waals surface area contributed by atoms with Crippen molar-refractivity contribution in [2.24, 2.45) is 0 Å². The van der Waals surface area contributed by atoms with Gasteiger partial charge in [-0.25, -0.2) is 0 Å². The number of rotatable bonds is 2. The topological polar surface area (TPSA) is 29.5 Å². The van der Waals surface area contributed by atoms with Gasteiger partial charge in [-0.1, -0.05) is 36.3 Å². The van der Waals surface area contributed by atoms with Gasteiger partial charge in [0, 0.05) is 0 Å². The lowest BCUT2D eigenvalue weighted by molar-refractivity contribution is -0.147. The van der Waals surface area contributed by atoms with Gasteiger partial charge in [-0.3, -0.25) is 4.79 Å². The van der Waals surface area contributed by atoms with Crippen LogP contribution >= 0.6 is 0 Å². The number of ether oxygens (including phenoxy) is 1. The van der Waals surface area contributed by atoms with Crippen molar-refractivity contribution in [3.8, 4) is 12.3 Å². The number of amides is 1. The molecule has 1 saturated heterocycles. The molecule has 0 aliphatic carbocycles. The maximum absolute atomic E-state index is 11.7. The van der Waals surface area contributed by atoms with Gasteiger partial charge in [0.2, 0.25) is 5.91 Å². The Bertz CT molecular complexity index is 408. The third kappa shape index (κ3) is 2.07. The van der Waals surface area contributed by atoms with Crippen molar-refractivity contribution < 1.29 is 9.53 Å². The zero-order valence-electron chi connectivity index (χ0n) is 8.93. The monoisotopic (exact) mass is 215 g/mol. The molecule has 1 atom stereocenters. The van der Waals surface area contributed by atoms with Gasteiger partial charge in [-0.2, -0.15) is 0 Å². The number of hydrogen-bond acceptors (Lipinski definition) is 2. The maximum atomic E-state index is 11.7. The highest BCUT2D eigenvalue weighted by Gasteiger charge is 2.28. The van der Waals surface area contributed by atoms with Crippen molar-refractivity contribution in [3.63, 3.8) is 0 Å². The molecule has 1 aliphatic heterocycles. The molecule has 2 rings (SSSR count). The Kier molecular flexibility index (Phi) is 3.23. The van der Waals surface area contributed by atoms with Crippen LogP contribution in [0.5, 0.6) is 0 Å². The summed E-state index contributed by atoms with van der Waals surface area (Å²) >= 11 is 0. The summed E-state index contributed by atoms with van der Waals surface area (Å²) in [5, 5.41) is 0. The fourth-order valence-electron chi connectivity index (χ4n) is 1.85. The van der Waals surface area contributed by atoms with Gasteiger partial charge in [-0.15, -0.1) is 6.42 Å². The molecule has 0 unspecified atom stereocenters. The molecule has 1 heterocycles. The molecule has 0 aromatic heterocycles. The first-order valence-corrected chi connectivity index (χ1v) is 5.18. The molecule has 3 heteroatoms.